The van der Waals surface area contributed by atoms with Crippen LogP contribution in [-0.4, -0.2) is 34.9 Å². The van der Waals surface area contributed by atoms with Crippen LogP contribution in [0.4, 0.5) is 5.82 Å². The molecular weight excluding hydrogens is 328 g/mol. The molecule has 0 bridgehead atoms. The minimum Gasteiger partial charge on any atom is -0.388 e. The molecule has 0 saturated carbocycles. The molecule has 1 aromatic carbocycles. The smallest absolute Gasteiger partial charge is 0.254 e. The second kappa shape index (κ2) is 5.81. The number of benzene rings is 1. The van der Waals surface area contributed by atoms with E-state index in [1.54, 1.807) is 18.4 Å². The zero-order valence-corrected chi connectivity index (χ0v) is 15.3. The summed E-state index contributed by atoms with van der Waals surface area (Å²) in [7, 11) is 2.01. The Morgan fingerprint density at radius 2 is 1.96 bits per heavy atom. The Morgan fingerprint density at radius 1 is 1.19 bits per heavy atom. The molecular formula is C19H22N6O. The van der Waals surface area contributed by atoms with E-state index in [0.29, 0.717) is 5.78 Å². The molecule has 2 N–H and O–H groups in total. The maximum absolute atomic E-state index is 10.9. The number of rotatable bonds is 4. The fraction of sp³-hybridized carbons (Fsp3) is 0.316. The molecule has 0 amide bonds. The second-order valence-corrected chi connectivity index (χ2v) is 7.17. The van der Waals surface area contributed by atoms with E-state index in [0.717, 1.165) is 28.1 Å². The molecule has 26 heavy (non-hydrogen) atoms. The molecule has 0 fully saturated rings. The van der Waals surface area contributed by atoms with E-state index in [-0.39, 0.29) is 6.04 Å². The summed E-state index contributed by atoms with van der Waals surface area (Å²) in [5.41, 5.74) is 1.93. The molecule has 0 spiro atoms. The van der Waals surface area contributed by atoms with E-state index >= 15 is 0 Å². The predicted octanol–water partition coefficient (Wildman–Crippen LogP) is 2.85. The number of fused-ring (bicyclic) bond motifs is 2. The van der Waals surface area contributed by atoms with Gasteiger partial charge in [-0.25, -0.2) is 4.98 Å². The number of para-hydroxylation sites is 1. The first-order valence-corrected chi connectivity index (χ1v) is 8.55. The van der Waals surface area contributed by atoms with Gasteiger partial charge >= 0.3 is 0 Å². The van der Waals surface area contributed by atoms with Gasteiger partial charge in [0.25, 0.3) is 5.78 Å². The number of hydrogen-bond acceptors (Lipinski definition) is 5. The van der Waals surface area contributed by atoms with Crippen LogP contribution in [0.2, 0.25) is 0 Å². The lowest BCUT2D eigenvalue weighted by molar-refractivity contribution is 0.0566. The maximum atomic E-state index is 10.9. The molecule has 7 nitrogen and oxygen atoms in total. The average molecular weight is 350 g/mol. The topological polar surface area (TPSA) is 80.3 Å². The number of hydrogen-bond donors (Lipinski definition) is 2. The van der Waals surface area contributed by atoms with Crippen LogP contribution in [0.15, 0.2) is 42.7 Å². The first kappa shape index (κ1) is 16.5. The summed E-state index contributed by atoms with van der Waals surface area (Å²) in [6, 6.07) is 11.8. The van der Waals surface area contributed by atoms with Gasteiger partial charge in [-0.15, -0.1) is 0 Å². The lowest BCUT2D eigenvalue weighted by Gasteiger charge is -2.31. The summed E-state index contributed by atoms with van der Waals surface area (Å²) in [5, 5.41) is 19.7. The fourth-order valence-electron chi connectivity index (χ4n) is 3.38. The Labute approximate surface area is 151 Å². The van der Waals surface area contributed by atoms with Crippen LogP contribution < -0.4 is 5.32 Å². The minimum atomic E-state index is -1.01. The van der Waals surface area contributed by atoms with Gasteiger partial charge in [0, 0.05) is 30.0 Å². The Kier molecular flexibility index (Phi) is 3.69. The first-order valence-electron chi connectivity index (χ1n) is 8.55. The van der Waals surface area contributed by atoms with Crippen molar-refractivity contribution >= 4 is 22.5 Å². The van der Waals surface area contributed by atoms with Crippen LogP contribution in [-0.2, 0) is 7.05 Å². The molecule has 3 aromatic heterocycles. The number of aromatic nitrogens is 5. The van der Waals surface area contributed by atoms with E-state index in [2.05, 4.69) is 43.1 Å². The quantitative estimate of drug-likeness (QED) is 0.592. The molecule has 0 radical (unpaired) electrons. The third-order valence-electron chi connectivity index (χ3n) is 4.66. The highest BCUT2D eigenvalue weighted by Gasteiger charge is 2.31. The van der Waals surface area contributed by atoms with Crippen LogP contribution in [0, 0.1) is 6.92 Å². The van der Waals surface area contributed by atoms with Crippen molar-refractivity contribution in [3.63, 3.8) is 0 Å². The van der Waals surface area contributed by atoms with E-state index in [9.17, 15) is 5.11 Å². The SMILES string of the molecule is Cc1cc(NC(c2cc3ccccc3n2C)C(C)(C)O)n2ncnc2n1. The van der Waals surface area contributed by atoms with Gasteiger partial charge in [-0.2, -0.15) is 14.6 Å². The molecule has 4 aromatic rings. The van der Waals surface area contributed by atoms with E-state index in [1.807, 2.05) is 32.2 Å². The summed E-state index contributed by atoms with van der Waals surface area (Å²) in [6.45, 7) is 5.51. The molecule has 0 aliphatic heterocycles. The molecule has 1 unspecified atom stereocenters. The lowest BCUT2D eigenvalue weighted by Crippen LogP contribution is -2.36. The first-order chi connectivity index (χ1) is 12.3. The highest BCUT2D eigenvalue weighted by molar-refractivity contribution is 5.81. The molecule has 0 saturated heterocycles. The van der Waals surface area contributed by atoms with Crippen LogP contribution in [0.3, 0.4) is 0 Å². The Balaban J connectivity index is 1.85. The molecule has 134 valence electrons. The van der Waals surface area contributed by atoms with Crippen molar-refractivity contribution in [3.05, 3.63) is 54.1 Å². The number of anilines is 1. The number of nitrogens with zero attached hydrogens (tertiary/aromatic N) is 5. The standard InChI is InChI=1S/C19H22N6O/c1-12-9-16(25-18(22-12)20-11-21-25)23-17(19(2,3)26)15-10-13-7-5-6-8-14(13)24(15)4/h5-11,17,23,26H,1-4H3. The number of aryl methyl sites for hydroxylation is 2. The van der Waals surface area contributed by atoms with E-state index < -0.39 is 5.60 Å². The van der Waals surface area contributed by atoms with Gasteiger partial charge in [-0.05, 0) is 38.3 Å². The largest absolute Gasteiger partial charge is 0.388 e. The second-order valence-electron chi connectivity index (χ2n) is 7.17. The van der Waals surface area contributed by atoms with Crippen molar-refractivity contribution in [2.45, 2.75) is 32.4 Å². The molecule has 0 aliphatic rings. The molecule has 4 rings (SSSR count). The van der Waals surface area contributed by atoms with Crippen LogP contribution in [0.25, 0.3) is 16.7 Å². The maximum Gasteiger partial charge on any atom is 0.254 e. The van der Waals surface area contributed by atoms with E-state index in [4.69, 9.17) is 0 Å². The molecule has 0 aliphatic carbocycles. The highest BCUT2D eigenvalue weighted by Crippen LogP contribution is 2.33. The Hall–Kier alpha value is -2.93. The van der Waals surface area contributed by atoms with Crippen molar-refractivity contribution in [3.8, 4) is 0 Å². The van der Waals surface area contributed by atoms with Gasteiger partial charge in [0.1, 0.15) is 12.1 Å². The monoisotopic (exact) mass is 350 g/mol. The minimum absolute atomic E-state index is 0.353. The average Bonchev–Trinajstić information content (AvgIpc) is 3.16. The molecule has 7 heteroatoms. The number of nitrogens with one attached hydrogen (secondary N) is 1. The number of aliphatic hydroxyl groups is 1. The van der Waals surface area contributed by atoms with Gasteiger partial charge in [0.05, 0.1) is 11.6 Å². The highest BCUT2D eigenvalue weighted by atomic mass is 16.3. The summed E-state index contributed by atoms with van der Waals surface area (Å²) in [5.74, 6) is 1.27. The van der Waals surface area contributed by atoms with Gasteiger partial charge in [0.15, 0.2) is 0 Å². The predicted molar refractivity (Wildman–Crippen MR) is 101 cm³/mol. The van der Waals surface area contributed by atoms with Crippen LogP contribution >= 0.6 is 0 Å². The van der Waals surface area contributed by atoms with Crippen LogP contribution in [0.5, 0.6) is 0 Å². The Morgan fingerprint density at radius 3 is 2.69 bits per heavy atom. The van der Waals surface area contributed by atoms with Gasteiger partial charge in [-0.3, -0.25) is 0 Å². The van der Waals surface area contributed by atoms with Crippen molar-refractivity contribution in [2.24, 2.45) is 7.05 Å². The third kappa shape index (κ3) is 2.70. The van der Waals surface area contributed by atoms with Crippen molar-refractivity contribution in [2.75, 3.05) is 5.32 Å². The Bertz CT molecular complexity index is 1090. The van der Waals surface area contributed by atoms with Crippen molar-refractivity contribution < 1.29 is 5.11 Å². The van der Waals surface area contributed by atoms with Crippen molar-refractivity contribution in [1.29, 1.82) is 0 Å². The van der Waals surface area contributed by atoms with Gasteiger partial charge in [-0.1, -0.05) is 18.2 Å². The normalized spacial score (nSPS) is 13.4. The lowest BCUT2D eigenvalue weighted by atomic mass is 9.95. The zero-order valence-electron chi connectivity index (χ0n) is 15.3. The van der Waals surface area contributed by atoms with Crippen molar-refractivity contribution in [1.82, 2.24) is 24.1 Å². The third-order valence-corrected chi connectivity index (χ3v) is 4.66. The van der Waals surface area contributed by atoms with Gasteiger partial charge in [0.2, 0.25) is 0 Å². The summed E-state index contributed by atoms with van der Waals surface area (Å²) in [4.78, 5) is 8.54. The fourth-order valence-corrected chi connectivity index (χ4v) is 3.38. The van der Waals surface area contributed by atoms with E-state index in [1.165, 1.54) is 6.33 Å². The summed E-state index contributed by atoms with van der Waals surface area (Å²) >= 11 is 0. The van der Waals surface area contributed by atoms with Gasteiger partial charge < -0.3 is 15.0 Å². The van der Waals surface area contributed by atoms with Crippen LogP contribution in [0.1, 0.15) is 31.3 Å². The summed E-state index contributed by atoms with van der Waals surface area (Å²) in [6.07, 6.45) is 1.48. The molecule has 1 atom stereocenters. The zero-order chi connectivity index (χ0) is 18.5. The molecule has 3 heterocycles. The summed E-state index contributed by atoms with van der Waals surface area (Å²) < 4.78 is 3.76.